The van der Waals surface area contributed by atoms with Gasteiger partial charge in [0.25, 0.3) is 5.56 Å². The number of benzene rings is 2. The molecule has 2 aromatic heterocycles. The van der Waals surface area contributed by atoms with Crippen molar-refractivity contribution < 1.29 is 13.9 Å². The summed E-state index contributed by atoms with van der Waals surface area (Å²) in [5.74, 6) is -0.544. The number of carbonyl (C=O) groups excluding carboxylic acids is 1. The molecule has 1 aliphatic heterocycles. The summed E-state index contributed by atoms with van der Waals surface area (Å²) in [5, 5.41) is 3.04. The minimum absolute atomic E-state index is 0.127. The zero-order valence-corrected chi connectivity index (χ0v) is 15.9. The fourth-order valence-electron chi connectivity index (χ4n) is 3.70. The Labute approximate surface area is 169 Å². The molecule has 1 N–H and O–H groups in total. The molecule has 8 nitrogen and oxygen atoms in total. The van der Waals surface area contributed by atoms with E-state index in [1.165, 1.54) is 22.9 Å². The lowest BCUT2D eigenvalue weighted by molar-refractivity contribution is 0.0522. The maximum Gasteiger partial charge on any atom is 0.345 e. The number of carbonyl (C=O) groups is 1. The second kappa shape index (κ2) is 6.80. The Morgan fingerprint density at radius 1 is 1.17 bits per heavy atom. The summed E-state index contributed by atoms with van der Waals surface area (Å²) in [6.07, 6.45) is 0.383. The fraction of sp³-hybridized carbons (Fsp3) is 0.143. The standard InChI is InChI=1S/C21H16FN5O3/c1-2-30-19(29)14-11-23-20-25-21-24-15-8-3-4-9-16(15)26(21)17(27(20)18(14)28)12-6-5-7-13(22)10-12/h3-11,17H,2H2,1H3,(H,23,24,25). The highest BCUT2D eigenvalue weighted by atomic mass is 19.1. The molecule has 3 heterocycles. The van der Waals surface area contributed by atoms with Gasteiger partial charge in [-0.1, -0.05) is 24.3 Å². The van der Waals surface area contributed by atoms with Crippen molar-refractivity contribution in [3.63, 3.8) is 0 Å². The van der Waals surface area contributed by atoms with E-state index in [1.54, 1.807) is 23.6 Å². The topological polar surface area (TPSA) is 91.0 Å². The number of halogens is 1. The van der Waals surface area contributed by atoms with Crippen LogP contribution in [-0.2, 0) is 4.74 Å². The molecule has 1 aliphatic rings. The van der Waals surface area contributed by atoms with Gasteiger partial charge in [-0.05, 0) is 36.8 Å². The molecule has 0 aliphatic carbocycles. The van der Waals surface area contributed by atoms with Crippen LogP contribution in [0.3, 0.4) is 0 Å². The monoisotopic (exact) mass is 405 g/mol. The van der Waals surface area contributed by atoms with Gasteiger partial charge in [0.15, 0.2) is 0 Å². The van der Waals surface area contributed by atoms with Crippen LogP contribution in [0, 0.1) is 5.82 Å². The Bertz CT molecular complexity index is 1360. The molecular formula is C21H16FN5O3. The summed E-state index contributed by atoms with van der Waals surface area (Å²) >= 11 is 0. The number of nitrogens with zero attached hydrogens (tertiary/aromatic N) is 4. The molecule has 0 spiro atoms. The molecule has 9 heteroatoms. The number of fused-ring (bicyclic) bond motifs is 4. The quantitative estimate of drug-likeness (QED) is 0.464. The third-order valence-corrected chi connectivity index (χ3v) is 4.94. The molecule has 1 atom stereocenters. The number of aromatic nitrogens is 4. The number of hydrogen-bond acceptors (Lipinski definition) is 6. The molecule has 4 aromatic rings. The summed E-state index contributed by atoms with van der Waals surface area (Å²) in [6.45, 7) is 1.78. The predicted octanol–water partition coefficient (Wildman–Crippen LogP) is 3.06. The van der Waals surface area contributed by atoms with Crippen molar-refractivity contribution in [1.82, 2.24) is 19.1 Å². The van der Waals surface area contributed by atoms with Crippen LogP contribution in [0.2, 0.25) is 0 Å². The van der Waals surface area contributed by atoms with Crippen molar-refractivity contribution in [2.45, 2.75) is 13.1 Å². The van der Waals surface area contributed by atoms with Crippen LogP contribution in [-0.4, -0.2) is 31.7 Å². The number of rotatable bonds is 3. The molecule has 0 saturated carbocycles. The second-order valence-electron chi connectivity index (χ2n) is 6.74. The molecule has 0 amide bonds. The zero-order chi connectivity index (χ0) is 20.8. The van der Waals surface area contributed by atoms with Crippen LogP contribution < -0.4 is 10.9 Å². The highest BCUT2D eigenvalue weighted by Gasteiger charge is 2.32. The predicted molar refractivity (Wildman–Crippen MR) is 107 cm³/mol. The van der Waals surface area contributed by atoms with E-state index in [0.29, 0.717) is 17.0 Å². The molecule has 150 valence electrons. The van der Waals surface area contributed by atoms with Crippen LogP contribution in [0.15, 0.2) is 59.5 Å². The minimum atomic E-state index is -0.797. The molecule has 0 bridgehead atoms. The molecular weight excluding hydrogens is 389 g/mol. The third kappa shape index (κ3) is 2.66. The second-order valence-corrected chi connectivity index (χ2v) is 6.74. The van der Waals surface area contributed by atoms with Gasteiger partial charge in [0.1, 0.15) is 17.5 Å². The van der Waals surface area contributed by atoms with E-state index >= 15 is 0 Å². The van der Waals surface area contributed by atoms with Crippen LogP contribution >= 0.6 is 0 Å². The van der Waals surface area contributed by atoms with Gasteiger partial charge >= 0.3 is 5.97 Å². The van der Waals surface area contributed by atoms with Gasteiger partial charge in [0, 0.05) is 0 Å². The average molecular weight is 405 g/mol. The number of imidazole rings is 1. The number of anilines is 2. The van der Waals surface area contributed by atoms with Gasteiger partial charge < -0.3 is 4.74 Å². The van der Waals surface area contributed by atoms with E-state index in [4.69, 9.17) is 4.74 Å². The number of ether oxygens (including phenoxy) is 1. The number of nitrogens with one attached hydrogen (secondary N) is 1. The fourth-order valence-corrected chi connectivity index (χ4v) is 3.70. The highest BCUT2D eigenvalue weighted by Crippen LogP contribution is 2.35. The lowest BCUT2D eigenvalue weighted by atomic mass is 10.1. The van der Waals surface area contributed by atoms with E-state index in [-0.39, 0.29) is 18.1 Å². The van der Waals surface area contributed by atoms with Crippen LogP contribution in [0.1, 0.15) is 29.0 Å². The van der Waals surface area contributed by atoms with Gasteiger partial charge in [0.05, 0.1) is 23.8 Å². The Morgan fingerprint density at radius 3 is 2.80 bits per heavy atom. The number of hydrogen-bond donors (Lipinski definition) is 1. The summed E-state index contributed by atoms with van der Waals surface area (Å²) in [7, 11) is 0. The molecule has 2 aromatic carbocycles. The first-order valence-electron chi connectivity index (χ1n) is 9.36. The van der Waals surface area contributed by atoms with E-state index in [2.05, 4.69) is 15.3 Å². The Hall–Kier alpha value is -4.01. The first-order chi connectivity index (χ1) is 14.6. The van der Waals surface area contributed by atoms with Gasteiger partial charge in [-0.25, -0.2) is 19.2 Å². The van der Waals surface area contributed by atoms with Gasteiger partial charge in [0.2, 0.25) is 11.9 Å². The minimum Gasteiger partial charge on any atom is -0.462 e. The molecule has 30 heavy (non-hydrogen) atoms. The van der Waals surface area contributed by atoms with Crippen molar-refractivity contribution in [2.75, 3.05) is 11.9 Å². The van der Waals surface area contributed by atoms with Gasteiger partial charge in [-0.2, -0.15) is 0 Å². The largest absolute Gasteiger partial charge is 0.462 e. The summed E-state index contributed by atoms with van der Waals surface area (Å²) < 4.78 is 22.2. The maximum absolute atomic E-state index is 14.1. The summed E-state index contributed by atoms with van der Waals surface area (Å²) in [4.78, 5) is 34.4. The third-order valence-electron chi connectivity index (χ3n) is 4.94. The van der Waals surface area contributed by atoms with E-state index in [9.17, 15) is 14.0 Å². The Kier molecular flexibility index (Phi) is 4.09. The Balaban J connectivity index is 1.82. The molecule has 1 unspecified atom stereocenters. The first kappa shape index (κ1) is 18.0. The highest BCUT2D eigenvalue weighted by molar-refractivity contribution is 5.89. The smallest absolute Gasteiger partial charge is 0.345 e. The first-order valence-corrected chi connectivity index (χ1v) is 9.36. The van der Waals surface area contributed by atoms with Crippen molar-refractivity contribution in [3.8, 4) is 0 Å². The summed E-state index contributed by atoms with van der Waals surface area (Å²) in [5.41, 5.74) is 1.16. The lowest BCUT2D eigenvalue weighted by Gasteiger charge is -2.30. The lowest BCUT2D eigenvalue weighted by Crippen LogP contribution is -2.39. The van der Waals surface area contributed by atoms with Crippen molar-refractivity contribution >= 4 is 28.9 Å². The Morgan fingerprint density at radius 2 is 2.00 bits per heavy atom. The average Bonchev–Trinajstić information content (AvgIpc) is 3.10. The van der Waals surface area contributed by atoms with E-state index in [1.807, 2.05) is 24.3 Å². The van der Waals surface area contributed by atoms with Crippen LogP contribution in [0.4, 0.5) is 16.3 Å². The number of para-hydroxylation sites is 2. The summed E-state index contributed by atoms with van der Waals surface area (Å²) in [6, 6.07) is 13.4. The van der Waals surface area contributed by atoms with Crippen LogP contribution in [0.5, 0.6) is 0 Å². The molecule has 0 fully saturated rings. The van der Waals surface area contributed by atoms with Crippen molar-refractivity contribution in [3.05, 3.63) is 82.0 Å². The zero-order valence-electron chi connectivity index (χ0n) is 15.9. The maximum atomic E-state index is 14.1. The SMILES string of the molecule is CCOC(=O)c1cnc2n(c1=O)C(c1cccc(F)c1)n1c(nc3ccccc31)N2. The molecule has 0 saturated heterocycles. The van der Waals surface area contributed by atoms with E-state index in [0.717, 1.165) is 5.52 Å². The van der Waals surface area contributed by atoms with Crippen molar-refractivity contribution in [2.24, 2.45) is 0 Å². The normalized spacial score (nSPS) is 14.7. The van der Waals surface area contributed by atoms with Gasteiger partial charge in [-0.3, -0.25) is 19.2 Å². The number of esters is 1. The van der Waals surface area contributed by atoms with E-state index < -0.39 is 23.5 Å². The van der Waals surface area contributed by atoms with Crippen LogP contribution in [0.25, 0.3) is 11.0 Å². The van der Waals surface area contributed by atoms with Gasteiger partial charge in [-0.15, -0.1) is 0 Å². The van der Waals surface area contributed by atoms with Crippen molar-refractivity contribution in [1.29, 1.82) is 0 Å². The molecule has 0 radical (unpaired) electrons. The molecule has 5 rings (SSSR count).